The van der Waals surface area contributed by atoms with Gasteiger partial charge in [0.2, 0.25) is 0 Å². The molecule has 0 bridgehead atoms. The molecule has 29 heavy (non-hydrogen) atoms. The topological polar surface area (TPSA) is 51.6 Å². The van der Waals surface area contributed by atoms with E-state index in [2.05, 4.69) is 47.6 Å². The first-order valence-electron chi connectivity index (χ1n) is 9.22. The fourth-order valence-corrected chi connectivity index (χ4v) is 2.70. The Balaban J connectivity index is 0.000000200. The Kier molecular flexibility index (Phi) is 8.20. The molecule has 0 aromatic carbocycles. The van der Waals surface area contributed by atoms with Crippen molar-refractivity contribution in [3.63, 3.8) is 0 Å². The summed E-state index contributed by atoms with van der Waals surface area (Å²) in [5.41, 5.74) is 8.58. The molecule has 0 amide bonds. The summed E-state index contributed by atoms with van der Waals surface area (Å²) in [6.07, 6.45) is 7.26. The van der Waals surface area contributed by atoms with Gasteiger partial charge in [0.15, 0.2) is 0 Å². The van der Waals surface area contributed by atoms with Crippen LogP contribution in [0.15, 0.2) is 73.3 Å². The minimum absolute atomic E-state index is 0. The Morgan fingerprint density at radius 3 is 0.793 bits per heavy atom. The predicted octanol–water partition coefficient (Wildman–Crippen LogP) is 5.52. The summed E-state index contributed by atoms with van der Waals surface area (Å²) >= 11 is 0. The zero-order valence-corrected chi connectivity index (χ0v) is 18.0. The molecule has 0 aliphatic heterocycles. The number of hydrogen-bond donors (Lipinski definition) is 0. The third-order valence-corrected chi connectivity index (χ3v) is 4.19. The van der Waals surface area contributed by atoms with Crippen LogP contribution in [0.4, 0.5) is 0 Å². The van der Waals surface area contributed by atoms with Crippen molar-refractivity contribution in [2.24, 2.45) is 0 Å². The van der Waals surface area contributed by atoms with Crippen LogP contribution in [0.5, 0.6) is 0 Å². The molecule has 4 aromatic heterocycles. The second kappa shape index (κ2) is 10.6. The van der Waals surface area contributed by atoms with E-state index in [1.54, 1.807) is 0 Å². The fraction of sp³-hybridized carbons (Fsp3) is 0.167. The first kappa shape index (κ1) is 22.4. The molecule has 1 radical (unpaired) electrons. The van der Waals surface area contributed by atoms with Gasteiger partial charge in [-0.25, -0.2) is 0 Å². The van der Waals surface area contributed by atoms with Crippen molar-refractivity contribution >= 4 is 0 Å². The van der Waals surface area contributed by atoms with Crippen molar-refractivity contribution < 1.29 is 17.1 Å². The van der Waals surface area contributed by atoms with Crippen LogP contribution in [0.2, 0.25) is 0 Å². The molecule has 0 aliphatic rings. The maximum Gasteiger partial charge on any atom is 0.0888 e. The minimum Gasteiger partial charge on any atom is -0.255 e. The van der Waals surface area contributed by atoms with Crippen molar-refractivity contribution in [2.45, 2.75) is 27.7 Å². The molecule has 0 unspecified atom stereocenters. The number of pyridine rings is 4. The molecule has 4 nitrogen and oxygen atoms in total. The number of rotatable bonds is 2. The standard InChI is InChI=1S/2C12H12N2.Cu/c2*1-9-3-5-13-11(7-9)12-8-10(2)4-6-14-12;/h2*3-8H,1-2H3;. The molecule has 0 aliphatic carbocycles. The zero-order chi connectivity index (χ0) is 19.9. The Morgan fingerprint density at radius 1 is 0.414 bits per heavy atom. The molecular weight excluding hydrogens is 408 g/mol. The summed E-state index contributed by atoms with van der Waals surface area (Å²) in [6.45, 7) is 8.23. The first-order valence-corrected chi connectivity index (χ1v) is 9.22. The third-order valence-electron chi connectivity index (χ3n) is 4.19. The molecule has 0 spiro atoms. The monoisotopic (exact) mass is 431 g/mol. The van der Waals surface area contributed by atoms with E-state index in [-0.39, 0.29) is 17.1 Å². The first-order chi connectivity index (χ1) is 13.5. The van der Waals surface area contributed by atoms with Crippen molar-refractivity contribution in [3.05, 3.63) is 95.6 Å². The predicted molar refractivity (Wildman–Crippen MR) is 114 cm³/mol. The number of aryl methyl sites for hydroxylation is 4. The van der Waals surface area contributed by atoms with E-state index in [1.165, 1.54) is 22.3 Å². The summed E-state index contributed by atoms with van der Waals surface area (Å²) in [7, 11) is 0. The molecule has 4 heterocycles. The van der Waals surface area contributed by atoms with E-state index in [0.717, 1.165) is 22.8 Å². The number of nitrogens with zero attached hydrogens (tertiary/aromatic N) is 4. The van der Waals surface area contributed by atoms with Crippen LogP contribution in [0.25, 0.3) is 22.8 Å². The van der Waals surface area contributed by atoms with E-state index in [0.29, 0.717) is 0 Å². The number of hydrogen-bond acceptors (Lipinski definition) is 4. The van der Waals surface area contributed by atoms with Crippen LogP contribution in [0.1, 0.15) is 22.3 Å². The van der Waals surface area contributed by atoms with Gasteiger partial charge in [-0.2, -0.15) is 0 Å². The van der Waals surface area contributed by atoms with E-state index in [1.807, 2.05) is 73.3 Å². The molecule has 5 heteroatoms. The van der Waals surface area contributed by atoms with Crippen LogP contribution in [0, 0.1) is 27.7 Å². The smallest absolute Gasteiger partial charge is 0.0888 e. The average molecular weight is 432 g/mol. The Labute approximate surface area is 183 Å². The van der Waals surface area contributed by atoms with Gasteiger partial charge in [-0.1, -0.05) is 0 Å². The zero-order valence-electron chi connectivity index (χ0n) is 17.0. The maximum atomic E-state index is 4.29. The van der Waals surface area contributed by atoms with Crippen LogP contribution >= 0.6 is 0 Å². The van der Waals surface area contributed by atoms with Gasteiger partial charge in [0.05, 0.1) is 22.8 Å². The van der Waals surface area contributed by atoms with Gasteiger partial charge < -0.3 is 0 Å². The van der Waals surface area contributed by atoms with E-state index in [9.17, 15) is 0 Å². The average Bonchev–Trinajstić information content (AvgIpc) is 2.69. The molecule has 0 N–H and O–H groups in total. The summed E-state index contributed by atoms with van der Waals surface area (Å²) in [5.74, 6) is 0. The molecule has 0 atom stereocenters. The SMILES string of the molecule is Cc1ccnc(-c2cc(C)ccn2)c1.Cc1ccnc(-c2cc(C)ccn2)c1.[Cu]. The largest absolute Gasteiger partial charge is 0.255 e. The Hall–Kier alpha value is -2.88. The third kappa shape index (κ3) is 6.60. The summed E-state index contributed by atoms with van der Waals surface area (Å²) < 4.78 is 0. The van der Waals surface area contributed by atoms with Crippen molar-refractivity contribution in [3.8, 4) is 22.8 Å². The second-order valence-electron chi connectivity index (χ2n) is 6.87. The van der Waals surface area contributed by atoms with Gasteiger partial charge in [-0.15, -0.1) is 0 Å². The Bertz CT molecular complexity index is 905. The molecular formula is C24H24CuN4. The van der Waals surface area contributed by atoms with Crippen LogP contribution in [-0.4, -0.2) is 19.9 Å². The van der Waals surface area contributed by atoms with Gasteiger partial charge in [0.25, 0.3) is 0 Å². The Morgan fingerprint density at radius 2 is 0.621 bits per heavy atom. The maximum absolute atomic E-state index is 4.29. The van der Waals surface area contributed by atoms with Gasteiger partial charge in [0, 0.05) is 41.9 Å². The minimum atomic E-state index is 0. The van der Waals surface area contributed by atoms with Crippen molar-refractivity contribution in [1.82, 2.24) is 19.9 Å². The molecule has 4 rings (SSSR count). The van der Waals surface area contributed by atoms with Gasteiger partial charge in [-0.3, -0.25) is 19.9 Å². The van der Waals surface area contributed by atoms with Crippen LogP contribution in [-0.2, 0) is 17.1 Å². The second-order valence-corrected chi connectivity index (χ2v) is 6.87. The number of aromatic nitrogens is 4. The van der Waals surface area contributed by atoms with Gasteiger partial charge in [0.1, 0.15) is 0 Å². The summed E-state index contributed by atoms with van der Waals surface area (Å²) in [4.78, 5) is 17.2. The normalized spacial score (nSPS) is 9.79. The van der Waals surface area contributed by atoms with E-state index in [4.69, 9.17) is 0 Å². The molecule has 151 valence electrons. The summed E-state index contributed by atoms with van der Waals surface area (Å²) in [6, 6.07) is 16.1. The molecule has 4 aromatic rings. The van der Waals surface area contributed by atoms with Crippen LogP contribution in [0.3, 0.4) is 0 Å². The van der Waals surface area contributed by atoms with Crippen molar-refractivity contribution in [1.29, 1.82) is 0 Å². The van der Waals surface area contributed by atoms with Crippen molar-refractivity contribution in [2.75, 3.05) is 0 Å². The van der Waals surface area contributed by atoms with Gasteiger partial charge in [-0.05, 0) is 98.5 Å². The van der Waals surface area contributed by atoms with Crippen LogP contribution < -0.4 is 0 Å². The molecule has 0 saturated carbocycles. The molecule has 0 saturated heterocycles. The molecule has 0 fully saturated rings. The van der Waals surface area contributed by atoms with E-state index < -0.39 is 0 Å². The quantitative estimate of drug-likeness (QED) is 0.392. The fourth-order valence-electron chi connectivity index (χ4n) is 2.70. The van der Waals surface area contributed by atoms with E-state index >= 15 is 0 Å². The summed E-state index contributed by atoms with van der Waals surface area (Å²) in [5, 5.41) is 0. The van der Waals surface area contributed by atoms with Gasteiger partial charge >= 0.3 is 0 Å².